The molecule has 1 heterocycles. The van der Waals surface area contributed by atoms with Crippen LogP contribution in [0.3, 0.4) is 0 Å². The van der Waals surface area contributed by atoms with Gasteiger partial charge in [0.15, 0.2) is 5.17 Å². The third-order valence-electron chi connectivity index (χ3n) is 2.08. The summed E-state index contributed by atoms with van der Waals surface area (Å²) in [5.74, 6) is -1.38. The molecule has 0 aliphatic carbocycles. The Bertz CT molecular complexity index is 688. The summed E-state index contributed by atoms with van der Waals surface area (Å²) >= 11 is 12.3. The molecule has 0 aromatic heterocycles. The van der Waals surface area contributed by atoms with Crippen LogP contribution in [0.5, 0.6) is 0 Å². The Hall–Kier alpha value is -0.960. The molecule has 102 valence electrons. The van der Waals surface area contributed by atoms with Crippen molar-refractivity contribution < 1.29 is 18.3 Å². The molecule has 0 bridgehead atoms. The number of halogens is 2. The van der Waals surface area contributed by atoms with E-state index in [9.17, 15) is 13.2 Å². The Balaban J connectivity index is 2.41. The van der Waals surface area contributed by atoms with Crippen LogP contribution in [0, 0.1) is 0 Å². The normalized spacial score (nSPS) is 16.2. The summed E-state index contributed by atoms with van der Waals surface area (Å²) in [6.45, 7) is 0. The molecular weight excluding hydrogens is 335 g/mol. The van der Waals surface area contributed by atoms with Crippen molar-refractivity contribution in [3.8, 4) is 0 Å². The van der Waals surface area contributed by atoms with Gasteiger partial charge >= 0.3 is 5.97 Å². The molecule has 0 radical (unpaired) electrons. The molecule has 2 N–H and O–H groups in total. The van der Waals surface area contributed by atoms with Crippen LogP contribution >= 0.6 is 35.0 Å². The summed E-state index contributed by atoms with van der Waals surface area (Å²) in [5, 5.41) is 11.5. The van der Waals surface area contributed by atoms with Crippen LogP contribution < -0.4 is 5.32 Å². The number of amidine groups is 1. The number of carboxylic acid groups (broad SMARTS) is 1. The van der Waals surface area contributed by atoms with E-state index in [1.165, 1.54) is 12.1 Å². The molecule has 10 heteroatoms. The summed E-state index contributed by atoms with van der Waals surface area (Å²) in [7, 11) is -3.91. The molecule has 1 aromatic carbocycles. The van der Waals surface area contributed by atoms with Gasteiger partial charge in [0.2, 0.25) is 0 Å². The number of aliphatic carboxylic acids is 1. The molecule has 0 atom stereocenters. The van der Waals surface area contributed by atoms with E-state index in [1.807, 2.05) is 0 Å². The minimum Gasteiger partial charge on any atom is -0.481 e. The van der Waals surface area contributed by atoms with Gasteiger partial charge in [-0.1, -0.05) is 35.0 Å². The topological polar surface area (TPSA) is 95.8 Å². The Kier molecular flexibility index (Phi) is 3.95. The number of benzene rings is 1. The van der Waals surface area contributed by atoms with Gasteiger partial charge in [-0.3, -0.25) is 4.79 Å². The van der Waals surface area contributed by atoms with Gasteiger partial charge in [-0.25, -0.2) is 0 Å². The van der Waals surface area contributed by atoms with Gasteiger partial charge in [-0.05, 0) is 12.1 Å². The van der Waals surface area contributed by atoms with E-state index >= 15 is 0 Å². The average molecular weight is 341 g/mol. The van der Waals surface area contributed by atoms with Crippen molar-refractivity contribution in [1.82, 2.24) is 0 Å². The van der Waals surface area contributed by atoms with Crippen LogP contribution in [-0.2, 0) is 14.8 Å². The van der Waals surface area contributed by atoms with E-state index in [0.717, 1.165) is 11.8 Å². The lowest BCUT2D eigenvalue weighted by Crippen LogP contribution is -2.20. The van der Waals surface area contributed by atoms with Crippen molar-refractivity contribution in [1.29, 1.82) is 0 Å². The number of nitrogens with one attached hydrogen (secondary N) is 1. The van der Waals surface area contributed by atoms with E-state index in [1.54, 1.807) is 0 Å². The lowest BCUT2D eigenvalue weighted by Gasteiger charge is -2.17. The van der Waals surface area contributed by atoms with Crippen molar-refractivity contribution in [2.24, 2.45) is 4.40 Å². The molecule has 0 amide bonds. The monoisotopic (exact) mass is 340 g/mol. The summed E-state index contributed by atoms with van der Waals surface area (Å²) in [4.78, 5) is 10.4. The number of anilines is 1. The maximum Gasteiger partial charge on any atom is 0.313 e. The first kappa shape index (κ1) is 14.4. The third kappa shape index (κ3) is 3.14. The predicted octanol–water partition coefficient (Wildman–Crippen LogP) is 2.28. The molecule has 2 rings (SSSR count). The number of fused-ring (bicyclic) bond motifs is 1. The molecule has 0 spiro atoms. The number of nitrogens with zero attached hydrogens (tertiary/aromatic N) is 1. The number of hydrogen-bond donors (Lipinski definition) is 2. The van der Waals surface area contributed by atoms with Gasteiger partial charge in [0.05, 0.1) is 21.5 Å². The van der Waals surface area contributed by atoms with Gasteiger partial charge in [-0.2, -0.15) is 8.42 Å². The Morgan fingerprint density at radius 1 is 1.37 bits per heavy atom. The Morgan fingerprint density at radius 2 is 2.00 bits per heavy atom. The summed E-state index contributed by atoms with van der Waals surface area (Å²) in [6, 6.07) is 2.55. The fraction of sp³-hybridized carbons (Fsp3) is 0.111. The summed E-state index contributed by atoms with van der Waals surface area (Å²) < 4.78 is 27.3. The lowest BCUT2D eigenvalue weighted by molar-refractivity contribution is -0.133. The van der Waals surface area contributed by atoms with Crippen LogP contribution in [0.1, 0.15) is 0 Å². The van der Waals surface area contributed by atoms with Gasteiger partial charge in [0, 0.05) is 0 Å². The predicted molar refractivity (Wildman–Crippen MR) is 74.8 cm³/mol. The van der Waals surface area contributed by atoms with Crippen LogP contribution in [0.25, 0.3) is 0 Å². The molecule has 1 aromatic rings. The molecular formula is C9H6Cl2N2O4S2. The highest BCUT2D eigenvalue weighted by molar-refractivity contribution is 8.15. The average Bonchev–Trinajstić information content (AvgIpc) is 2.28. The van der Waals surface area contributed by atoms with Crippen LogP contribution in [-0.4, -0.2) is 30.4 Å². The fourth-order valence-electron chi connectivity index (χ4n) is 1.33. The van der Waals surface area contributed by atoms with Crippen molar-refractivity contribution >= 4 is 61.8 Å². The highest BCUT2D eigenvalue weighted by atomic mass is 35.5. The second-order valence-electron chi connectivity index (χ2n) is 3.44. The van der Waals surface area contributed by atoms with Crippen molar-refractivity contribution in [2.75, 3.05) is 11.1 Å². The fourth-order valence-corrected chi connectivity index (χ4v) is 3.69. The van der Waals surface area contributed by atoms with Crippen molar-refractivity contribution in [3.63, 3.8) is 0 Å². The Labute approximate surface area is 122 Å². The SMILES string of the molecule is O=C(O)CSC1=NS(=O)(=O)c2cc(Cl)c(Cl)cc2N1. The van der Waals surface area contributed by atoms with Gasteiger partial charge in [-0.15, -0.1) is 4.40 Å². The number of hydrogen-bond acceptors (Lipinski definition) is 5. The second kappa shape index (κ2) is 5.20. The molecule has 1 aliphatic rings. The minimum absolute atomic E-state index is 0.0201. The zero-order valence-electron chi connectivity index (χ0n) is 9.05. The molecule has 0 unspecified atom stereocenters. The summed E-state index contributed by atoms with van der Waals surface area (Å²) in [6.07, 6.45) is 0. The zero-order chi connectivity index (χ0) is 14.2. The lowest BCUT2D eigenvalue weighted by atomic mass is 10.3. The first-order valence-electron chi connectivity index (χ1n) is 4.75. The standard InChI is InChI=1S/C9H6Cl2N2O4S2/c10-4-1-6-7(2-5(4)11)19(16,17)13-9(12-6)18-3-8(14)15/h1-2H,3H2,(H,12,13)(H,14,15). The van der Waals surface area contributed by atoms with Crippen molar-refractivity contribution in [3.05, 3.63) is 22.2 Å². The first-order valence-corrected chi connectivity index (χ1v) is 7.93. The molecule has 0 fully saturated rings. The van der Waals surface area contributed by atoms with Crippen LogP contribution in [0.4, 0.5) is 5.69 Å². The van der Waals surface area contributed by atoms with E-state index in [4.69, 9.17) is 28.3 Å². The number of sulfonamides is 1. The van der Waals surface area contributed by atoms with E-state index in [2.05, 4.69) is 9.71 Å². The summed E-state index contributed by atoms with van der Waals surface area (Å²) in [5.41, 5.74) is 0.220. The maximum absolute atomic E-state index is 11.9. The molecule has 19 heavy (non-hydrogen) atoms. The van der Waals surface area contributed by atoms with E-state index < -0.39 is 16.0 Å². The quantitative estimate of drug-likeness (QED) is 0.857. The number of thioether (sulfide) groups is 1. The number of carboxylic acids is 1. The van der Waals surface area contributed by atoms with Gasteiger partial charge in [0.25, 0.3) is 10.0 Å². The first-order chi connectivity index (χ1) is 8.79. The van der Waals surface area contributed by atoms with Crippen LogP contribution in [0.2, 0.25) is 10.0 Å². The van der Waals surface area contributed by atoms with Crippen molar-refractivity contribution in [2.45, 2.75) is 4.90 Å². The smallest absolute Gasteiger partial charge is 0.313 e. The largest absolute Gasteiger partial charge is 0.481 e. The Morgan fingerprint density at radius 3 is 2.63 bits per heavy atom. The zero-order valence-corrected chi connectivity index (χ0v) is 12.2. The van der Waals surface area contributed by atoms with E-state index in [-0.39, 0.29) is 31.5 Å². The number of rotatable bonds is 2. The maximum atomic E-state index is 11.9. The van der Waals surface area contributed by atoms with Crippen LogP contribution in [0.15, 0.2) is 21.4 Å². The molecule has 6 nitrogen and oxygen atoms in total. The van der Waals surface area contributed by atoms with E-state index in [0.29, 0.717) is 0 Å². The highest BCUT2D eigenvalue weighted by Gasteiger charge is 2.26. The van der Waals surface area contributed by atoms with Gasteiger partial charge < -0.3 is 10.4 Å². The minimum atomic E-state index is -3.91. The second-order valence-corrected chi connectivity index (χ2v) is 6.79. The van der Waals surface area contributed by atoms with Gasteiger partial charge in [0.1, 0.15) is 4.90 Å². The highest BCUT2D eigenvalue weighted by Crippen LogP contribution is 2.35. The number of carbonyl (C=O) groups is 1. The molecule has 0 saturated carbocycles. The third-order valence-corrected chi connectivity index (χ3v) is 5.09. The molecule has 1 aliphatic heterocycles. The molecule has 0 saturated heterocycles.